The van der Waals surface area contributed by atoms with Gasteiger partial charge in [0, 0.05) is 29.9 Å². The number of ether oxygens (including phenoxy) is 1. The fourth-order valence-corrected chi connectivity index (χ4v) is 6.06. The molecule has 2 atom stereocenters. The molecular weight excluding hydrogens is 519 g/mol. The lowest BCUT2D eigenvalue weighted by atomic mass is 9.93. The van der Waals surface area contributed by atoms with Crippen LogP contribution in [0.15, 0.2) is 47.0 Å². The van der Waals surface area contributed by atoms with Crippen LogP contribution in [0.2, 0.25) is 0 Å². The minimum absolute atomic E-state index is 0.216. The zero-order valence-corrected chi connectivity index (χ0v) is 23.4. The van der Waals surface area contributed by atoms with Crippen LogP contribution in [0.5, 0.6) is 0 Å². The summed E-state index contributed by atoms with van der Waals surface area (Å²) in [6, 6.07) is 9.52. The number of carbonyl (C=O) groups excluding carboxylic acids is 1. The van der Waals surface area contributed by atoms with Crippen LogP contribution in [0.1, 0.15) is 80.1 Å². The third kappa shape index (κ3) is 5.69. The SMILES string of the molecule is CCN(c1ncc(-c2ccc(C)o2)cc1CN1C(=O)O[C@H](c2cc(C)cc(C(F)(F)F)c2)[C@@H]1C)C1CCCCC1. The molecule has 3 heterocycles. The van der Waals surface area contributed by atoms with Crippen molar-refractivity contribution in [3.8, 4) is 11.3 Å². The van der Waals surface area contributed by atoms with Gasteiger partial charge in [-0.15, -0.1) is 0 Å². The number of cyclic esters (lactones) is 1. The number of anilines is 1. The first-order valence-corrected chi connectivity index (χ1v) is 14.0. The quantitative estimate of drug-likeness (QED) is 0.294. The molecule has 1 saturated carbocycles. The molecule has 1 aliphatic carbocycles. The number of aryl methyl sites for hydroxylation is 2. The van der Waals surface area contributed by atoms with Crippen molar-refractivity contribution in [2.75, 3.05) is 11.4 Å². The molecule has 3 aromatic rings. The molecule has 40 heavy (non-hydrogen) atoms. The second kappa shape index (κ2) is 11.2. The molecule has 0 N–H and O–H groups in total. The molecule has 0 unspecified atom stereocenters. The van der Waals surface area contributed by atoms with E-state index in [1.807, 2.05) is 38.2 Å². The molecule has 6 nitrogen and oxygen atoms in total. The summed E-state index contributed by atoms with van der Waals surface area (Å²) in [5, 5.41) is 0. The zero-order chi connectivity index (χ0) is 28.6. The van der Waals surface area contributed by atoms with Crippen molar-refractivity contribution in [2.45, 2.75) is 90.7 Å². The Morgan fingerprint density at radius 3 is 2.48 bits per heavy atom. The van der Waals surface area contributed by atoms with E-state index in [2.05, 4.69) is 11.8 Å². The molecule has 1 aromatic carbocycles. The van der Waals surface area contributed by atoms with Crippen molar-refractivity contribution in [2.24, 2.45) is 0 Å². The fourth-order valence-electron chi connectivity index (χ4n) is 6.06. The van der Waals surface area contributed by atoms with Crippen molar-refractivity contribution < 1.29 is 27.1 Å². The summed E-state index contributed by atoms with van der Waals surface area (Å²) in [6.45, 7) is 8.41. The molecule has 1 aliphatic heterocycles. The fraction of sp³-hybridized carbons (Fsp3) is 0.484. The van der Waals surface area contributed by atoms with Crippen molar-refractivity contribution in [3.05, 3.63) is 70.6 Å². The minimum Gasteiger partial charge on any atom is -0.461 e. The Labute approximate surface area is 233 Å². The average Bonchev–Trinajstić information content (AvgIpc) is 3.48. The van der Waals surface area contributed by atoms with Crippen molar-refractivity contribution in [1.82, 2.24) is 9.88 Å². The van der Waals surface area contributed by atoms with Crippen LogP contribution in [0.4, 0.5) is 23.8 Å². The number of aromatic nitrogens is 1. The highest BCUT2D eigenvalue weighted by molar-refractivity contribution is 5.72. The first-order valence-electron chi connectivity index (χ1n) is 14.0. The van der Waals surface area contributed by atoms with E-state index in [-0.39, 0.29) is 6.54 Å². The number of benzene rings is 1. The van der Waals surface area contributed by atoms with Crippen LogP contribution in [-0.4, -0.2) is 34.6 Å². The lowest BCUT2D eigenvalue weighted by Gasteiger charge is -2.36. The predicted molar refractivity (Wildman–Crippen MR) is 147 cm³/mol. The molecule has 1 amide bonds. The Kier molecular flexibility index (Phi) is 7.84. The number of nitrogens with zero attached hydrogens (tertiary/aromatic N) is 3. The lowest BCUT2D eigenvalue weighted by Crippen LogP contribution is -2.39. The van der Waals surface area contributed by atoms with Gasteiger partial charge in [-0.2, -0.15) is 13.2 Å². The highest BCUT2D eigenvalue weighted by atomic mass is 19.4. The van der Waals surface area contributed by atoms with Crippen LogP contribution < -0.4 is 4.90 Å². The van der Waals surface area contributed by atoms with Crippen molar-refractivity contribution >= 4 is 11.9 Å². The topological polar surface area (TPSA) is 58.8 Å². The van der Waals surface area contributed by atoms with Gasteiger partial charge in [-0.3, -0.25) is 4.90 Å². The lowest BCUT2D eigenvalue weighted by molar-refractivity contribution is -0.137. The summed E-state index contributed by atoms with van der Waals surface area (Å²) in [5.74, 6) is 2.29. The van der Waals surface area contributed by atoms with Crippen LogP contribution >= 0.6 is 0 Å². The normalized spacial score (nSPS) is 20.2. The molecule has 214 valence electrons. The molecule has 2 aromatic heterocycles. The monoisotopic (exact) mass is 555 g/mol. The molecule has 5 rings (SSSR count). The van der Waals surface area contributed by atoms with Gasteiger partial charge in [0.1, 0.15) is 23.4 Å². The number of halogens is 3. The third-order valence-electron chi connectivity index (χ3n) is 8.08. The third-order valence-corrected chi connectivity index (χ3v) is 8.08. The molecular formula is C31H36F3N3O3. The number of rotatable bonds is 7. The second-order valence-corrected chi connectivity index (χ2v) is 11.0. The van der Waals surface area contributed by atoms with Crippen molar-refractivity contribution in [3.63, 3.8) is 0 Å². The number of hydrogen-bond acceptors (Lipinski definition) is 5. The standard InChI is InChI=1S/C31H36F3N3O3/c1-5-36(26-9-7-6-8-10-26)29-24(15-23(17-35-29)27-12-11-20(3)39-27)18-37-21(4)28(40-30(37)38)22-13-19(2)14-25(16-22)31(32,33)34/h11-17,21,26,28H,5-10,18H2,1-4H3/t21-,28-/m0/s1. The Bertz CT molecular complexity index is 1360. The van der Waals surface area contributed by atoms with E-state index in [9.17, 15) is 18.0 Å². The first-order chi connectivity index (χ1) is 19.0. The average molecular weight is 556 g/mol. The smallest absolute Gasteiger partial charge is 0.416 e. The molecule has 0 spiro atoms. The van der Waals surface area contributed by atoms with Gasteiger partial charge in [0.15, 0.2) is 0 Å². The van der Waals surface area contributed by atoms with Gasteiger partial charge in [-0.25, -0.2) is 9.78 Å². The maximum atomic E-state index is 13.5. The number of alkyl halides is 3. The van der Waals surface area contributed by atoms with Crippen LogP contribution in [0, 0.1) is 13.8 Å². The van der Waals surface area contributed by atoms with Gasteiger partial charge >= 0.3 is 12.3 Å². The summed E-state index contributed by atoms with van der Waals surface area (Å²) in [4.78, 5) is 22.0. The summed E-state index contributed by atoms with van der Waals surface area (Å²) >= 11 is 0. The molecule has 0 bridgehead atoms. The molecule has 2 aliphatic rings. The Morgan fingerprint density at radius 2 is 1.82 bits per heavy atom. The van der Waals surface area contributed by atoms with Gasteiger partial charge in [0.05, 0.1) is 18.2 Å². The molecule has 0 radical (unpaired) electrons. The van der Waals surface area contributed by atoms with Gasteiger partial charge in [-0.1, -0.05) is 30.9 Å². The predicted octanol–water partition coefficient (Wildman–Crippen LogP) is 8.22. The van der Waals surface area contributed by atoms with E-state index in [0.717, 1.165) is 54.2 Å². The van der Waals surface area contributed by atoms with Crippen molar-refractivity contribution in [1.29, 1.82) is 0 Å². The van der Waals surface area contributed by atoms with E-state index >= 15 is 0 Å². The van der Waals surface area contributed by atoms with Gasteiger partial charge in [0.2, 0.25) is 0 Å². The largest absolute Gasteiger partial charge is 0.461 e. The number of hydrogen-bond donors (Lipinski definition) is 0. The Morgan fingerprint density at radius 1 is 1.07 bits per heavy atom. The first kappa shape index (κ1) is 28.1. The van der Waals surface area contributed by atoms with Gasteiger partial charge < -0.3 is 14.1 Å². The Balaban J connectivity index is 1.49. The number of furan rings is 1. The summed E-state index contributed by atoms with van der Waals surface area (Å²) < 4.78 is 52.1. The summed E-state index contributed by atoms with van der Waals surface area (Å²) in [6.07, 6.45) is 1.71. The number of carbonyl (C=O) groups is 1. The summed E-state index contributed by atoms with van der Waals surface area (Å²) in [7, 11) is 0. The Hall–Kier alpha value is -3.49. The van der Waals surface area contributed by atoms with E-state index in [1.54, 1.807) is 17.9 Å². The van der Waals surface area contributed by atoms with E-state index in [0.29, 0.717) is 22.9 Å². The van der Waals surface area contributed by atoms with Crippen LogP contribution in [0.25, 0.3) is 11.3 Å². The van der Waals surface area contributed by atoms with E-state index in [1.165, 1.54) is 19.3 Å². The maximum Gasteiger partial charge on any atom is 0.416 e. The zero-order valence-electron chi connectivity index (χ0n) is 23.4. The van der Waals surface area contributed by atoms with Gasteiger partial charge in [0.25, 0.3) is 0 Å². The molecule has 1 saturated heterocycles. The highest BCUT2D eigenvalue weighted by Crippen LogP contribution is 2.39. The maximum absolute atomic E-state index is 13.5. The second-order valence-electron chi connectivity index (χ2n) is 11.0. The summed E-state index contributed by atoms with van der Waals surface area (Å²) in [5.41, 5.74) is 1.71. The van der Waals surface area contributed by atoms with Crippen LogP contribution in [-0.2, 0) is 17.5 Å². The highest BCUT2D eigenvalue weighted by Gasteiger charge is 2.41. The number of amides is 1. The van der Waals surface area contributed by atoms with Gasteiger partial charge in [-0.05, 0) is 76.4 Å². The molecule has 9 heteroatoms. The van der Waals surface area contributed by atoms with Crippen LogP contribution in [0.3, 0.4) is 0 Å². The minimum atomic E-state index is -4.49. The number of pyridine rings is 1. The molecule has 2 fully saturated rings. The van der Waals surface area contributed by atoms with E-state index < -0.39 is 30.0 Å². The van der Waals surface area contributed by atoms with E-state index in [4.69, 9.17) is 14.1 Å².